The van der Waals surface area contributed by atoms with E-state index in [0.29, 0.717) is 24.4 Å². The zero-order valence-electron chi connectivity index (χ0n) is 10.8. The maximum Gasteiger partial charge on any atom is 0.326 e. The number of nitrogens with one attached hydrogen (secondary N) is 1. The molecule has 0 unspecified atom stereocenters. The van der Waals surface area contributed by atoms with Gasteiger partial charge in [-0.05, 0) is 31.4 Å². The number of hydrogen-bond donors (Lipinski definition) is 3. The Labute approximate surface area is 119 Å². The standard InChI is InChI=1S/C14H20N2O2S/c15-9-5-4-8-12(14(17)18)16-13(19)10-11-6-2-1-3-7-11/h1-3,6-7,12H,4-5,8-10,15H2,(H,16,19)(H,17,18)/t12-/m0/s1. The third-order valence-corrected chi connectivity index (χ3v) is 3.05. The van der Waals surface area contributed by atoms with Gasteiger partial charge in [0.05, 0.1) is 4.99 Å². The topological polar surface area (TPSA) is 75.3 Å². The van der Waals surface area contributed by atoms with Gasteiger partial charge in [-0.25, -0.2) is 4.79 Å². The predicted octanol–water partition coefficient (Wildman–Crippen LogP) is 1.73. The van der Waals surface area contributed by atoms with Crippen LogP contribution >= 0.6 is 12.2 Å². The number of benzene rings is 1. The van der Waals surface area contributed by atoms with Crippen molar-refractivity contribution in [1.29, 1.82) is 0 Å². The van der Waals surface area contributed by atoms with Gasteiger partial charge in [-0.3, -0.25) is 0 Å². The molecule has 1 aromatic carbocycles. The van der Waals surface area contributed by atoms with Gasteiger partial charge in [0.1, 0.15) is 6.04 Å². The number of aliphatic carboxylic acids is 1. The van der Waals surface area contributed by atoms with Crippen molar-refractivity contribution in [2.24, 2.45) is 5.73 Å². The van der Waals surface area contributed by atoms with E-state index < -0.39 is 12.0 Å². The Balaban J connectivity index is 2.45. The molecule has 0 fully saturated rings. The fraction of sp³-hybridized carbons (Fsp3) is 0.429. The molecule has 0 aliphatic rings. The first-order valence-corrected chi connectivity index (χ1v) is 6.80. The number of thiocarbonyl (C=S) groups is 1. The van der Waals surface area contributed by atoms with Crippen LogP contribution in [0.1, 0.15) is 24.8 Å². The SMILES string of the molecule is NCCCC[C@H](NC(=S)Cc1ccccc1)C(=O)O. The highest BCUT2D eigenvalue weighted by Crippen LogP contribution is 2.04. The lowest BCUT2D eigenvalue weighted by atomic mass is 10.1. The van der Waals surface area contributed by atoms with E-state index in [4.69, 9.17) is 23.1 Å². The summed E-state index contributed by atoms with van der Waals surface area (Å²) in [6, 6.07) is 9.13. The molecule has 0 aliphatic heterocycles. The summed E-state index contributed by atoms with van der Waals surface area (Å²) in [6.07, 6.45) is 2.73. The van der Waals surface area contributed by atoms with Crippen LogP contribution in [0, 0.1) is 0 Å². The predicted molar refractivity (Wildman–Crippen MR) is 80.2 cm³/mol. The minimum atomic E-state index is -0.868. The highest BCUT2D eigenvalue weighted by molar-refractivity contribution is 7.80. The molecule has 0 spiro atoms. The molecule has 19 heavy (non-hydrogen) atoms. The molecule has 1 aromatic rings. The summed E-state index contributed by atoms with van der Waals surface area (Å²) in [5, 5.41) is 12.0. The number of nitrogens with two attached hydrogens (primary N) is 1. The van der Waals surface area contributed by atoms with Gasteiger partial charge in [-0.15, -0.1) is 0 Å². The lowest BCUT2D eigenvalue weighted by Gasteiger charge is -2.16. The van der Waals surface area contributed by atoms with Gasteiger partial charge in [0.25, 0.3) is 0 Å². The van der Waals surface area contributed by atoms with Crippen molar-refractivity contribution in [2.45, 2.75) is 31.7 Å². The van der Waals surface area contributed by atoms with Crippen molar-refractivity contribution >= 4 is 23.2 Å². The third kappa shape index (κ3) is 6.31. The molecule has 5 heteroatoms. The minimum Gasteiger partial charge on any atom is -0.480 e. The van der Waals surface area contributed by atoms with Crippen LogP contribution in [0.15, 0.2) is 30.3 Å². The highest BCUT2D eigenvalue weighted by Gasteiger charge is 2.17. The maximum atomic E-state index is 11.1. The Kier molecular flexibility index (Phi) is 7.07. The summed E-state index contributed by atoms with van der Waals surface area (Å²) in [6.45, 7) is 0.584. The zero-order chi connectivity index (χ0) is 14.1. The molecule has 0 aliphatic carbocycles. The van der Waals surface area contributed by atoms with Crippen molar-refractivity contribution in [3.63, 3.8) is 0 Å². The monoisotopic (exact) mass is 280 g/mol. The minimum absolute atomic E-state index is 0.543. The summed E-state index contributed by atoms with van der Waals surface area (Å²) >= 11 is 5.21. The largest absolute Gasteiger partial charge is 0.480 e. The Hall–Kier alpha value is -1.46. The van der Waals surface area contributed by atoms with Gasteiger partial charge in [-0.1, -0.05) is 42.5 Å². The average Bonchev–Trinajstić information content (AvgIpc) is 2.38. The van der Waals surface area contributed by atoms with Crippen LogP contribution in [-0.2, 0) is 11.2 Å². The van der Waals surface area contributed by atoms with Crippen molar-refractivity contribution in [3.8, 4) is 0 Å². The Morgan fingerprint density at radius 1 is 1.32 bits per heavy atom. The van der Waals surface area contributed by atoms with Crippen LogP contribution < -0.4 is 11.1 Å². The first-order chi connectivity index (χ1) is 9.13. The van der Waals surface area contributed by atoms with Crippen LogP contribution in [0.4, 0.5) is 0 Å². The molecule has 0 bridgehead atoms. The summed E-state index contributed by atoms with van der Waals surface area (Å²) in [5.41, 5.74) is 6.48. The Bertz CT molecular complexity index is 409. The molecule has 104 valence electrons. The molecule has 0 amide bonds. The second kappa shape index (κ2) is 8.61. The zero-order valence-corrected chi connectivity index (χ0v) is 11.7. The molecule has 0 heterocycles. The van der Waals surface area contributed by atoms with Crippen molar-refractivity contribution < 1.29 is 9.90 Å². The van der Waals surface area contributed by atoms with E-state index in [0.717, 1.165) is 18.4 Å². The third-order valence-electron chi connectivity index (χ3n) is 2.79. The second-order valence-corrected chi connectivity index (χ2v) is 4.90. The maximum absolute atomic E-state index is 11.1. The van der Waals surface area contributed by atoms with E-state index in [9.17, 15) is 4.79 Å². The molecule has 0 saturated heterocycles. The van der Waals surface area contributed by atoms with Crippen LogP contribution in [0.3, 0.4) is 0 Å². The van der Waals surface area contributed by atoms with Crippen molar-refractivity contribution in [3.05, 3.63) is 35.9 Å². The van der Waals surface area contributed by atoms with Gasteiger partial charge in [0.15, 0.2) is 0 Å². The average molecular weight is 280 g/mol. The summed E-state index contributed by atoms with van der Waals surface area (Å²) in [4.78, 5) is 11.7. The van der Waals surface area contributed by atoms with Gasteiger partial charge < -0.3 is 16.2 Å². The molecule has 0 saturated carbocycles. The van der Waals surface area contributed by atoms with Gasteiger partial charge >= 0.3 is 5.97 Å². The molecule has 4 N–H and O–H groups in total. The normalized spacial score (nSPS) is 11.8. The summed E-state index contributed by atoms with van der Waals surface area (Å²) < 4.78 is 0. The molecular weight excluding hydrogens is 260 g/mol. The van der Waals surface area contributed by atoms with Crippen LogP contribution in [0.2, 0.25) is 0 Å². The number of carboxylic acid groups (broad SMARTS) is 1. The summed E-state index contributed by atoms with van der Waals surface area (Å²) in [7, 11) is 0. The number of rotatable bonds is 8. The van der Waals surface area contributed by atoms with E-state index in [1.165, 1.54) is 0 Å². The fourth-order valence-corrected chi connectivity index (χ4v) is 2.09. The van der Waals surface area contributed by atoms with E-state index >= 15 is 0 Å². The first-order valence-electron chi connectivity index (χ1n) is 6.39. The van der Waals surface area contributed by atoms with Crippen LogP contribution in [-0.4, -0.2) is 28.7 Å². The number of carboxylic acids is 1. The molecule has 0 radical (unpaired) electrons. The number of hydrogen-bond acceptors (Lipinski definition) is 3. The molecular formula is C14H20N2O2S. The van der Waals surface area contributed by atoms with E-state index in [2.05, 4.69) is 5.32 Å². The van der Waals surface area contributed by atoms with E-state index in [1.807, 2.05) is 30.3 Å². The Morgan fingerprint density at radius 2 is 2.00 bits per heavy atom. The molecule has 4 nitrogen and oxygen atoms in total. The van der Waals surface area contributed by atoms with E-state index in [1.54, 1.807) is 0 Å². The molecule has 0 aromatic heterocycles. The highest BCUT2D eigenvalue weighted by atomic mass is 32.1. The van der Waals surface area contributed by atoms with Gasteiger partial charge in [-0.2, -0.15) is 0 Å². The quantitative estimate of drug-likeness (QED) is 0.499. The fourth-order valence-electron chi connectivity index (χ4n) is 1.78. The lowest BCUT2D eigenvalue weighted by molar-refractivity contribution is -0.139. The van der Waals surface area contributed by atoms with Crippen LogP contribution in [0.5, 0.6) is 0 Å². The van der Waals surface area contributed by atoms with Gasteiger partial charge in [0, 0.05) is 6.42 Å². The first kappa shape index (κ1) is 15.6. The molecule has 1 atom stereocenters. The van der Waals surface area contributed by atoms with Crippen molar-refractivity contribution in [2.75, 3.05) is 6.54 Å². The lowest BCUT2D eigenvalue weighted by Crippen LogP contribution is -2.40. The number of unbranched alkanes of at least 4 members (excludes halogenated alkanes) is 1. The van der Waals surface area contributed by atoms with Crippen molar-refractivity contribution in [1.82, 2.24) is 5.32 Å². The van der Waals surface area contributed by atoms with Gasteiger partial charge in [0.2, 0.25) is 0 Å². The summed E-state index contributed by atoms with van der Waals surface area (Å²) in [5.74, 6) is -0.868. The van der Waals surface area contributed by atoms with Crippen LogP contribution in [0.25, 0.3) is 0 Å². The second-order valence-electron chi connectivity index (χ2n) is 4.41. The molecule has 1 rings (SSSR count). The van der Waals surface area contributed by atoms with E-state index in [-0.39, 0.29) is 0 Å². The number of carbonyl (C=O) groups is 1. The Morgan fingerprint density at radius 3 is 2.58 bits per heavy atom. The smallest absolute Gasteiger partial charge is 0.326 e.